The third-order valence-corrected chi connectivity index (χ3v) is 4.85. The van der Waals surface area contributed by atoms with E-state index in [1.54, 1.807) is 12.1 Å². The van der Waals surface area contributed by atoms with Crippen LogP contribution >= 0.6 is 31.9 Å². The Kier molecular flexibility index (Phi) is 3.98. The number of anilines is 1. The van der Waals surface area contributed by atoms with E-state index in [0.717, 1.165) is 4.47 Å². The van der Waals surface area contributed by atoms with E-state index in [1.165, 1.54) is 24.8 Å². The van der Waals surface area contributed by atoms with Crippen LogP contribution in [0.4, 0.5) is 5.69 Å². The van der Waals surface area contributed by atoms with E-state index in [2.05, 4.69) is 46.5 Å². The molecule has 0 unspecified atom stereocenters. The van der Waals surface area contributed by atoms with Gasteiger partial charge in [0.1, 0.15) is 11.2 Å². The minimum Gasteiger partial charge on any atom is -0.276 e. The lowest BCUT2D eigenvalue weighted by Gasteiger charge is -2.09. The van der Waals surface area contributed by atoms with Crippen LogP contribution in [0.3, 0.4) is 0 Å². The van der Waals surface area contributed by atoms with Crippen molar-refractivity contribution < 1.29 is 8.42 Å². The van der Waals surface area contributed by atoms with Crippen molar-refractivity contribution in [3.63, 3.8) is 0 Å². The zero-order valence-corrected chi connectivity index (χ0v) is 12.8. The van der Waals surface area contributed by atoms with Gasteiger partial charge < -0.3 is 0 Å². The van der Waals surface area contributed by atoms with Crippen LogP contribution in [-0.4, -0.2) is 18.4 Å². The number of sulfonamides is 1. The number of aromatic nitrogens is 2. The van der Waals surface area contributed by atoms with Gasteiger partial charge in [0.2, 0.25) is 0 Å². The van der Waals surface area contributed by atoms with Crippen molar-refractivity contribution in [3.05, 3.63) is 45.9 Å². The van der Waals surface area contributed by atoms with Gasteiger partial charge in [-0.3, -0.25) is 4.72 Å². The quantitative estimate of drug-likeness (QED) is 0.871. The van der Waals surface area contributed by atoms with Crippen LogP contribution in [0.5, 0.6) is 0 Å². The zero-order chi connectivity index (χ0) is 13.2. The standard InChI is InChI=1S/C10H7Br2N3O2S/c11-7-1-2-10(9(12)3-7)18(16,17)15-8-4-13-6-14-5-8/h1-6,15H. The van der Waals surface area contributed by atoms with Crippen molar-refractivity contribution >= 4 is 47.6 Å². The molecule has 0 amide bonds. The number of hydrogen-bond donors (Lipinski definition) is 1. The van der Waals surface area contributed by atoms with Crippen molar-refractivity contribution in [2.24, 2.45) is 0 Å². The van der Waals surface area contributed by atoms with Gasteiger partial charge in [-0.05, 0) is 34.1 Å². The number of nitrogens with one attached hydrogen (secondary N) is 1. The van der Waals surface area contributed by atoms with E-state index in [4.69, 9.17) is 0 Å². The van der Waals surface area contributed by atoms with Crippen molar-refractivity contribution in [3.8, 4) is 0 Å². The topological polar surface area (TPSA) is 72.0 Å². The molecule has 1 aromatic carbocycles. The van der Waals surface area contributed by atoms with E-state index in [1.807, 2.05) is 0 Å². The maximum atomic E-state index is 12.1. The van der Waals surface area contributed by atoms with Gasteiger partial charge in [-0.25, -0.2) is 18.4 Å². The molecule has 2 aromatic rings. The van der Waals surface area contributed by atoms with Crippen molar-refractivity contribution in [1.82, 2.24) is 9.97 Å². The lowest BCUT2D eigenvalue weighted by molar-refractivity contribution is 0.600. The van der Waals surface area contributed by atoms with Gasteiger partial charge in [0, 0.05) is 8.95 Å². The van der Waals surface area contributed by atoms with Crippen molar-refractivity contribution in [2.45, 2.75) is 4.90 Å². The van der Waals surface area contributed by atoms with E-state index in [0.29, 0.717) is 10.2 Å². The zero-order valence-electron chi connectivity index (χ0n) is 8.84. The SMILES string of the molecule is O=S(=O)(Nc1cncnc1)c1ccc(Br)cc1Br. The molecule has 0 atom stereocenters. The molecule has 0 spiro atoms. The first-order chi connectivity index (χ1) is 8.49. The number of nitrogens with zero attached hydrogens (tertiary/aromatic N) is 2. The summed E-state index contributed by atoms with van der Waals surface area (Å²) in [5.74, 6) is 0. The molecule has 1 N–H and O–H groups in total. The first kappa shape index (κ1) is 13.4. The first-order valence-electron chi connectivity index (χ1n) is 4.72. The average Bonchev–Trinajstić information content (AvgIpc) is 2.29. The largest absolute Gasteiger partial charge is 0.276 e. The van der Waals surface area contributed by atoms with Crippen LogP contribution in [0, 0.1) is 0 Å². The Bertz CT molecular complexity index is 662. The normalized spacial score (nSPS) is 11.2. The fraction of sp³-hybridized carbons (Fsp3) is 0. The van der Waals surface area contributed by atoms with Gasteiger partial charge in [-0.15, -0.1) is 0 Å². The summed E-state index contributed by atoms with van der Waals surface area (Å²) in [6.45, 7) is 0. The molecule has 0 aliphatic rings. The fourth-order valence-corrected chi connectivity index (χ4v) is 4.03. The number of hydrogen-bond acceptors (Lipinski definition) is 4. The summed E-state index contributed by atoms with van der Waals surface area (Å²) in [4.78, 5) is 7.63. The highest BCUT2D eigenvalue weighted by molar-refractivity contribution is 9.11. The van der Waals surface area contributed by atoms with Crippen LogP contribution in [0.2, 0.25) is 0 Å². The summed E-state index contributed by atoms with van der Waals surface area (Å²) >= 11 is 6.48. The molecule has 0 fully saturated rings. The van der Waals surface area contributed by atoms with Gasteiger partial charge in [0.25, 0.3) is 10.0 Å². The Morgan fingerprint density at radius 2 is 1.78 bits per heavy atom. The molecular formula is C10H7Br2N3O2S. The third-order valence-electron chi connectivity index (χ3n) is 2.00. The molecule has 5 nitrogen and oxygen atoms in total. The number of rotatable bonds is 3. The van der Waals surface area contributed by atoms with Crippen LogP contribution in [0.1, 0.15) is 0 Å². The molecule has 0 aliphatic carbocycles. The Morgan fingerprint density at radius 1 is 1.11 bits per heavy atom. The molecule has 0 saturated carbocycles. The molecule has 0 bridgehead atoms. The molecule has 0 saturated heterocycles. The molecule has 2 rings (SSSR count). The smallest absolute Gasteiger partial charge is 0.263 e. The molecule has 1 heterocycles. The lowest BCUT2D eigenvalue weighted by Crippen LogP contribution is -2.13. The monoisotopic (exact) mass is 391 g/mol. The van der Waals surface area contributed by atoms with Gasteiger partial charge in [0.15, 0.2) is 0 Å². The Balaban J connectivity index is 2.37. The lowest BCUT2D eigenvalue weighted by atomic mass is 10.4. The summed E-state index contributed by atoms with van der Waals surface area (Å²) in [5.41, 5.74) is 0.312. The van der Waals surface area contributed by atoms with E-state index >= 15 is 0 Å². The molecule has 1 aromatic heterocycles. The van der Waals surface area contributed by atoms with Crippen LogP contribution in [-0.2, 0) is 10.0 Å². The highest BCUT2D eigenvalue weighted by Gasteiger charge is 2.17. The number of halogens is 2. The van der Waals surface area contributed by atoms with Crippen LogP contribution in [0.25, 0.3) is 0 Å². The predicted molar refractivity (Wildman–Crippen MR) is 74.7 cm³/mol. The maximum absolute atomic E-state index is 12.1. The summed E-state index contributed by atoms with van der Waals surface area (Å²) in [7, 11) is -3.66. The second-order valence-electron chi connectivity index (χ2n) is 3.31. The molecule has 0 radical (unpaired) electrons. The fourth-order valence-electron chi connectivity index (χ4n) is 1.26. The Labute approximate surface area is 121 Å². The summed E-state index contributed by atoms with van der Waals surface area (Å²) < 4.78 is 27.9. The minimum absolute atomic E-state index is 0.148. The number of benzene rings is 1. The maximum Gasteiger partial charge on any atom is 0.263 e. The minimum atomic E-state index is -3.66. The van der Waals surface area contributed by atoms with Crippen LogP contribution < -0.4 is 4.72 Å². The molecule has 94 valence electrons. The van der Waals surface area contributed by atoms with E-state index in [-0.39, 0.29) is 4.90 Å². The van der Waals surface area contributed by atoms with E-state index < -0.39 is 10.0 Å². The first-order valence-corrected chi connectivity index (χ1v) is 7.79. The molecular weight excluding hydrogens is 386 g/mol. The van der Waals surface area contributed by atoms with Gasteiger partial charge >= 0.3 is 0 Å². The van der Waals surface area contributed by atoms with E-state index in [9.17, 15) is 8.42 Å². The Hall–Kier alpha value is -0.990. The van der Waals surface area contributed by atoms with Gasteiger partial charge in [-0.2, -0.15) is 0 Å². The molecule has 8 heteroatoms. The highest BCUT2D eigenvalue weighted by atomic mass is 79.9. The summed E-state index contributed by atoms with van der Waals surface area (Å²) in [6.07, 6.45) is 4.10. The average molecular weight is 393 g/mol. The summed E-state index contributed by atoms with van der Waals surface area (Å²) in [5, 5.41) is 0. The van der Waals surface area contributed by atoms with Crippen LogP contribution in [0.15, 0.2) is 50.8 Å². The highest BCUT2D eigenvalue weighted by Crippen LogP contribution is 2.26. The predicted octanol–water partition coefficient (Wildman–Crippen LogP) is 2.80. The van der Waals surface area contributed by atoms with Crippen molar-refractivity contribution in [1.29, 1.82) is 0 Å². The molecule has 18 heavy (non-hydrogen) atoms. The third kappa shape index (κ3) is 3.06. The second kappa shape index (κ2) is 5.33. The van der Waals surface area contributed by atoms with Gasteiger partial charge in [0.05, 0.1) is 18.1 Å². The van der Waals surface area contributed by atoms with Gasteiger partial charge in [-0.1, -0.05) is 15.9 Å². The second-order valence-corrected chi connectivity index (χ2v) is 6.73. The Morgan fingerprint density at radius 3 is 2.39 bits per heavy atom. The summed E-state index contributed by atoms with van der Waals surface area (Å²) in [6, 6.07) is 4.82. The molecule has 0 aliphatic heterocycles. The van der Waals surface area contributed by atoms with Crippen molar-refractivity contribution in [2.75, 3.05) is 4.72 Å².